The molecule has 0 aliphatic rings. The number of aromatic nitrogens is 1. The highest BCUT2D eigenvalue weighted by molar-refractivity contribution is 7.85. The van der Waals surface area contributed by atoms with Crippen LogP contribution < -0.4 is 0 Å². The number of hydrogen-bond acceptors (Lipinski definition) is 4. The third-order valence-corrected chi connectivity index (χ3v) is 1.88. The normalized spacial score (nSPS) is 10.6. The number of nitrogens with zero attached hydrogens (tertiary/aromatic N) is 1. The summed E-state index contributed by atoms with van der Waals surface area (Å²) in [6.45, 7) is 0. The van der Waals surface area contributed by atoms with Gasteiger partial charge in [0.1, 0.15) is 0 Å². The Hall–Kier alpha value is -1.99. The van der Waals surface area contributed by atoms with Gasteiger partial charge in [-0.05, 0) is 18.2 Å². The predicted molar refractivity (Wildman–Crippen MR) is 66.2 cm³/mol. The molecule has 0 fully saturated rings. The molecule has 1 heterocycles. The third-order valence-electron chi connectivity index (χ3n) is 1.88. The summed E-state index contributed by atoms with van der Waals surface area (Å²) in [5, 5.41) is 9.53. The van der Waals surface area contributed by atoms with Crippen molar-refractivity contribution in [1.82, 2.24) is 4.98 Å². The Morgan fingerprint density at radius 2 is 1.83 bits per heavy atom. The predicted octanol–water partition coefficient (Wildman–Crippen LogP) is 1.44. The summed E-state index contributed by atoms with van der Waals surface area (Å²) in [6, 6.07) is 8.55. The van der Waals surface area contributed by atoms with E-state index in [1.165, 1.54) is 0 Å². The van der Waals surface area contributed by atoms with Crippen molar-refractivity contribution in [2.75, 3.05) is 6.26 Å². The van der Waals surface area contributed by atoms with Crippen LogP contribution in [0.5, 0.6) is 0 Å². The molecule has 0 aliphatic carbocycles. The molecule has 7 heteroatoms. The van der Waals surface area contributed by atoms with Gasteiger partial charge in [-0.25, -0.2) is 4.79 Å². The molecule has 0 unspecified atom stereocenters. The number of carbonyl (C=O) groups is 1. The van der Waals surface area contributed by atoms with Crippen molar-refractivity contribution >= 4 is 27.0 Å². The van der Waals surface area contributed by atoms with Crippen LogP contribution in [0, 0.1) is 0 Å². The molecule has 6 nitrogen and oxygen atoms in total. The van der Waals surface area contributed by atoms with E-state index in [4.69, 9.17) is 9.66 Å². The SMILES string of the molecule is CS(=O)(=O)O.O=C(O)c1cccc2ncccc12. The largest absolute Gasteiger partial charge is 0.478 e. The van der Waals surface area contributed by atoms with Crippen LogP contribution in [0.25, 0.3) is 10.9 Å². The monoisotopic (exact) mass is 269 g/mol. The Labute approximate surface area is 104 Å². The Bertz CT molecular complexity index is 653. The quantitative estimate of drug-likeness (QED) is 0.759. The van der Waals surface area contributed by atoms with E-state index in [0.29, 0.717) is 22.7 Å². The molecule has 0 saturated carbocycles. The second-order valence-electron chi connectivity index (χ2n) is 3.41. The van der Waals surface area contributed by atoms with Crippen molar-refractivity contribution in [1.29, 1.82) is 0 Å². The van der Waals surface area contributed by atoms with Gasteiger partial charge in [0, 0.05) is 11.6 Å². The van der Waals surface area contributed by atoms with Gasteiger partial charge >= 0.3 is 5.97 Å². The molecule has 2 aromatic rings. The fourth-order valence-corrected chi connectivity index (χ4v) is 1.29. The number of carboxylic acids is 1. The second-order valence-corrected chi connectivity index (χ2v) is 4.88. The van der Waals surface area contributed by atoms with Crippen LogP contribution >= 0.6 is 0 Å². The molecule has 2 N–H and O–H groups in total. The summed E-state index contributed by atoms with van der Waals surface area (Å²) in [5.74, 6) is -0.918. The van der Waals surface area contributed by atoms with E-state index in [-0.39, 0.29) is 0 Å². The summed E-state index contributed by atoms with van der Waals surface area (Å²) in [7, 11) is -3.67. The lowest BCUT2D eigenvalue weighted by molar-refractivity contribution is 0.0699. The number of carboxylic acid groups (broad SMARTS) is 1. The first-order chi connectivity index (χ1) is 8.29. The van der Waals surface area contributed by atoms with E-state index >= 15 is 0 Å². The van der Waals surface area contributed by atoms with Crippen molar-refractivity contribution in [2.45, 2.75) is 0 Å². The van der Waals surface area contributed by atoms with Crippen LogP contribution in [0.2, 0.25) is 0 Å². The first-order valence-electron chi connectivity index (χ1n) is 4.78. The van der Waals surface area contributed by atoms with Crippen LogP contribution in [-0.4, -0.2) is 35.3 Å². The first kappa shape index (κ1) is 14.1. The molecule has 0 saturated heterocycles. The zero-order valence-electron chi connectivity index (χ0n) is 9.44. The summed E-state index contributed by atoms with van der Waals surface area (Å²) < 4.78 is 25.9. The van der Waals surface area contributed by atoms with Gasteiger partial charge in [0.2, 0.25) is 0 Å². The number of aromatic carboxylic acids is 1. The van der Waals surface area contributed by atoms with Crippen molar-refractivity contribution in [3.63, 3.8) is 0 Å². The van der Waals surface area contributed by atoms with Crippen molar-refractivity contribution in [3.8, 4) is 0 Å². The molecular weight excluding hydrogens is 258 g/mol. The molecule has 0 spiro atoms. The summed E-state index contributed by atoms with van der Waals surface area (Å²) in [4.78, 5) is 14.8. The maximum Gasteiger partial charge on any atom is 0.336 e. The van der Waals surface area contributed by atoms with E-state index < -0.39 is 16.1 Å². The number of benzene rings is 1. The summed E-state index contributed by atoms with van der Waals surface area (Å²) in [6.07, 6.45) is 2.36. The molecule has 1 aromatic heterocycles. The van der Waals surface area contributed by atoms with Gasteiger partial charge in [-0.1, -0.05) is 12.1 Å². The van der Waals surface area contributed by atoms with E-state index in [1.807, 2.05) is 0 Å². The highest BCUT2D eigenvalue weighted by atomic mass is 32.2. The maximum atomic E-state index is 10.8. The minimum absolute atomic E-state index is 0.297. The minimum Gasteiger partial charge on any atom is -0.478 e. The molecule has 18 heavy (non-hydrogen) atoms. The van der Waals surface area contributed by atoms with Gasteiger partial charge in [-0.2, -0.15) is 8.42 Å². The Balaban J connectivity index is 0.000000280. The molecule has 96 valence electrons. The third kappa shape index (κ3) is 4.48. The van der Waals surface area contributed by atoms with E-state index in [2.05, 4.69) is 4.98 Å². The molecule has 0 amide bonds. The average molecular weight is 269 g/mol. The molecule has 0 atom stereocenters. The zero-order valence-corrected chi connectivity index (χ0v) is 10.3. The summed E-state index contributed by atoms with van der Waals surface area (Å²) in [5.41, 5.74) is 1.01. The fraction of sp³-hybridized carbons (Fsp3) is 0.0909. The van der Waals surface area contributed by atoms with E-state index in [0.717, 1.165) is 0 Å². The molecule has 0 bridgehead atoms. The average Bonchev–Trinajstić information content (AvgIpc) is 2.26. The highest BCUT2D eigenvalue weighted by Gasteiger charge is 2.06. The van der Waals surface area contributed by atoms with Crippen LogP contribution in [0.4, 0.5) is 0 Å². The van der Waals surface area contributed by atoms with Crippen LogP contribution in [-0.2, 0) is 10.1 Å². The fourth-order valence-electron chi connectivity index (χ4n) is 1.29. The molecule has 2 rings (SSSR count). The maximum absolute atomic E-state index is 10.8. The van der Waals surface area contributed by atoms with Crippen molar-refractivity contribution < 1.29 is 22.9 Å². The Kier molecular flexibility index (Phi) is 4.35. The smallest absolute Gasteiger partial charge is 0.336 e. The molecule has 0 radical (unpaired) electrons. The minimum atomic E-state index is -3.67. The zero-order chi connectivity index (χ0) is 13.8. The van der Waals surface area contributed by atoms with Gasteiger partial charge in [0.25, 0.3) is 10.1 Å². The van der Waals surface area contributed by atoms with Gasteiger partial charge in [0.15, 0.2) is 0 Å². The highest BCUT2D eigenvalue weighted by Crippen LogP contribution is 2.15. The Morgan fingerprint density at radius 1 is 1.22 bits per heavy atom. The van der Waals surface area contributed by atoms with Gasteiger partial charge < -0.3 is 5.11 Å². The first-order valence-corrected chi connectivity index (χ1v) is 6.63. The van der Waals surface area contributed by atoms with E-state index in [9.17, 15) is 13.2 Å². The number of fused-ring (bicyclic) bond motifs is 1. The lowest BCUT2D eigenvalue weighted by Crippen LogP contribution is -1.97. The van der Waals surface area contributed by atoms with Gasteiger partial charge in [0.05, 0.1) is 17.3 Å². The molecule has 0 aliphatic heterocycles. The van der Waals surface area contributed by atoms with Crippen LogP contribution in [0.15, 0.2) is 36.5 Å². The topological polar surface area (TPSA) is 105 Å². The Morgan fingerprint density at radius 3 is 2.39 bits per heavy atom. The number of pyridine rings is 1. The number of rotatable bonds is 1. The second kappa shape index (κ2) is 5.56. The molecule has 1 aromatic carbocycles. The van der Waals surface area contributed by atoms with Gasteiger partial charge in [-0.3, -0.25) is 9.54 Å². The van der Waals surface area contributed by atoms with Crippen molar-refractivity contribution in [2.24, 2.45) is 0 Å². The van der Waals surface area contributed by atoms with E-state index in [1.54, 1.807) is 36.5 Å². The standard InChI is InChI=1S/C10H7NO2.CH4O3S/c12-10(13)8-3-1-5-9-7(8)4-2-6-11-9;1-5(2,3)4/h1-6H,(H,12,13);1H3,(H,2,3,4). The summed E-state index contributed by atoms with van der Waals surface area (Å²) >= 11 is 0. The van der Waals surface area contributed by atoms with Gasteiger partial charge in [-0.15, -0.1) is 0 Å². The molecular formula is C11H11NO5S. The van der Waals surface area contributed by atoms with Crippen LogP contribution in [0.3, 0.4) is 0 Å². The van der Waals surface area contributed by atoms with Crippen LogP contribution in [0.1, 0.15) is 10.4 Å². The van der Waals surface area contributed by atoms with Crippen molar-refractivity contribution in [3.05, 3.63) is 42.1 Å². The number of hydrogen-bond donors (Lipinski definition) is 2. The lowest BCUT2D eigenvalue weighted by Gasteiger charge is -1.99. The lowest BCUT2D eigenvalue weighted by atomic mass is 10.1.